The molecule has 4 rings (SSSR count). The molecular weight excluding hydrogens is 308 g/mol. The Kier molecular flexibility index (Phi) is 9.03. The third-order valence-corrected chi connectivity index (χ3v) is 1.66. The first kappa shape index (κ1) is 17.3. The number of oxazole rings is 1. The summed E-state index contributed by atoms with van der Waals surface area (Å²) in [5.41, 5.74) is -0.855. The van der Waals surface area contributed by atoms with E-state index in [2.05, 4.69) is 39.0 Å². The van der Waals surface area contributed by atoms with Crippen LogP contribution in [0, 0.1) is 0 Å². The van der Waals surface area contributed by atoms with E-state index in [1.54, 1.807) is 18.5 Å². The number of nitrogens with one attached hydrogen (secondary N) is 2. The number of hydrogen-bond acceptors (Lipinski definition) is 9. The Morgan fingerprint density at radius 2 is 1.91 bits per heavy atom. The molecule has 4 heterocycles. The van der Waals surface area contributed by atoms with Crippen LogP contribution < -0.4 is 11.2 Å². The van der Waals surface area contributed by atoms with E-state index in [0.29, 0.717) is 0 Å². The molecule has 0 spiro atoms. The molecule has 0 fully saturated rings. The molecule has 4 aromatic rings. The fourth-order valence-corrected chi connectivity index (χ4v) is 0.870. The van der Waals surface area contributed by atoms with Gasteiger partial charge in [0, 0.05) is 17.5 Å². The number of aromatic amines is 2. The predicted molar refractivity (Wildman–Crippen MR) is 75.0 cm³/mol. The minimum absolute atomic E-state index is 0.381. The van der Waals surface area contributed by atoms with Crippen molar-refractivity contribution >= 4 is 0 Å². The standard InChI is InChI=1S/C4H4N2O2.2C3H3NO.C2H2N2O/c7-3-1-2-5-4(8)6-3;1-2-5-3-4-1;1-2-4-5-3-1;1-2-5-4-3-1/h1-2H,(H2,5,6,7,8);2*1-3H;1-2H. The zero-order valence-electron chi connectivity index (χ0n) is 11.6. The quantitative estimate of drug-likeness (QED) is 0.470. The highest BCUT2D eigenvalue weighted by atomic mass is 16.5. The van der Waals surface area contributed by atoms with Gasteiger partial charge in [-0.25, -0.2) is 9.78 Å². The Hall–Kier alpha value is -3.76. The van der Waals surface area contributed by atoms with E-state index in [1.807, 2.05) is 4.98 Å². The van der Waals surface area contributed by atoms with Crippen molar-refractivity contribution in [2.24, 2.45) is 0 Å². The van der Waals surface area contributed by atoms with Crippen LogP contribution in [0.15, 0.2) is 85.2 Å². The van der Waals surface area contributed by atoms with E-state index in [9.17, 15) is 9.59 Å². The normalized spacial score (nSPS) is 8.35. The van der Waals surface area contributed by atoms with Crippen LogP contribution in [0.5, 0.6) is 0 Å². The van der Waals surface area contributed by atoms with E-state index in [4.69, 9.17) is 0 Å². The van der Waals surface area contributed by atoms with Crippen LogP contribution in [-0.4, -0.2) is 30.5 Å². The third kappa shape index (κ3) is 10.7. The molecule has 2 N–H and O–H groups in total. The SMILES string of the molecule is O=c1cc[nH]c(=O)[nH]1.c1cnoc1.c1cocn1.c1conn1. The number of nitrogens with zero attached hydrogens (tertiary/aromatic N) is 4. The molecule has 0 bridgehead atoms. The van der Waals surface area contributed by atoms with Gasteiger partial charge in [-0.2, -0.15) is 0 Å². The van der Waals surface area contributed by atoms with E-state index in [1.165, 1.54) is 43.6 Å². The average molecular weight is 320 g/mol. The molecular formula is C12H12N6O5. The van der Waals surface area contributed by atoms with Gasteiger partial charge in [0.2, 0.25) is 0 Å². The molecule has 0 aliphatic rings. The summed E-state index contributed by atoms with van der Waals surface area (Å²) in [6.07, 6.45) is 11.7. The molecule has 120 valence electrons. The van der Waals surface area contributed by atoms with Gasteiger partial charge in [-0.1, -0.05) is 5.16 Å². The third-order valence-electron chi connectivity index (χ3n) is 1.66. The molecule has 23 heavy (non-hydrogen) atoms. The van der Waals surface area contributed by atoms with Crippen LogP contribution in [0.25, 0.3) is 0 Å². The highest BCUT2D eigenvalue weighted by Gasteiger charge is 1.77. The van der Waals surface area contributed by atoms with Crippen LogP contribution in [-0.2, 0) is 0 Å². The number of aromatic nitrogens is 6. The molecule has 0 aliphatic carbocycles. The lowest BCUT2D eigenvalue weighted by atomic mass is 10.7. The van der Waals surface area contributed by atoms with Gasteiger partial charge in [-0.15, -0.1) is 5.10 Å². The molecule has 0 amide bonds. The summed E-state index contributed by atoms with van der Waals surface area (Å²) >= 11 is 0. The van der Waals surface area contributed by atoms with Crippen LogP contribution in [0.4, 0.5) is 0 Å². The fraction of sp³-hybridized carbons (Fsp3) is 0. The summed E-state index contributed by atoms with van der Waals surface area (Å²) in [6.45, 7) is 0. The topological polar surface area (TPSA) is 157 Å². The summed E-state index contributed by atoms with van der Waals surface area (Å²) in [7, 11) is 0. The van der Waals surface area contributed by atoms with Crippen molar-refractivity contribution in [3.8, 4) is 0 Å². The average Bonchev–Trinajstić information content (AvgIpc) is 3.35. The maximum atomic E-state index is 10.2. The van der Waals surface area contributed by atoms with Crippen LogP contribution in [0.3, 0.4) is 0 Å². The van der Waals surface area contributed by atoms with Gasteiger partial charge in [0.25, 0.3) is 5.56 Å². The first-order valence-corrected chi connectivity index (χ1v) is 5.94. The summed E-state index contributed by atoms with van der Waals surface area (Å²) in [4.78, 5) is 28.2. The van der Waals surface area contributed by atoms with Crippen LogP contribution >= 0.6 is 0 Å². The highest BCUT2D eigenvalue weighted by Crippen LogP contribution is 1.72. The van der Waals surface area contributed by atoms with E-state index in [-0.39, 0.29) is 5.56 Å². The van der Waals surface area contributed by atoms with Gasteiger partial charge >= 0.3 is 5.69 Å². The Balaban J connectivity index is 0.000000157. The van der Waals surface area contributed by atoms with Crippen molar-refractivity contribution in [3.05, 3.63) is 82.9 Å². The Bertz CT molecular complexity index is 637. The zero-order chi connectivity index (χ0) is 16.6. The molecule has 0 unspecified atom stereocenters. The second-order valence-electron chi connectivity index (χ2n) is 3.25. The van der Waals surface area contributed by atoms with Gasteiger partial charge in [0.1, 0.15) is 18.8 Å². The lowest BCUT2D eigenvalue weighted by molar-refractivity contribution is 0.393. The van der Waals surface area contributed by atoms with Gasteiger partial charge in [-0.05, 0) is 6.07 Å². The van der Waals surface area contributed by atoms with Gasteiger partial charge < -0.3 is 18.4 Å². The smallest absolute Gasteiger partial charge is 0.325 e. The molecule has 11 heteroatoms. The van der Waals surface area contributed by atoms with Gasteiger partial charge in [0.15, 0.2) is 6.39 Å². The van der Waals surface area contributed by atoms with E-state index >= 15 is 0 Å². The van der Waals surface area contributed by atoms with Gasteiger partial charge in [-0.3, -0.25) is 9.78 Å². The molecule has 4 aromatic heterocycles. The Morgan fingerprint density at radius 3 is 2.17 bits per heavy atom. The largest absolute Gasteiger partial charge is 0.452 e. The molecule has 0 saturated carbocycles. The minimum atomic E-state index is -0.475. The first-order chi connectivity index (χ1) is 11.3. The fourth-order valence-electron chi connectivity index (χ4n) is 0.870. The number of hydrogen-bond donors (Lipinski definition) is 2. The molecule has 0 atom stereocenters. The second-order valence-corrected chi connectivity index (χ2v) is 3.25. The minimum Gasteiger partial charge on any atom is -0.452 e. The van der Waals surface area contributed by atoms with Crippen molar-refractivity contribution in [2.45, 2.75) is 0 Å². The summed E-state index contributed by atoms with van der Waals surface area (Å²) in [5.74, 6) is 0. The molecule has 0 aromatic carbocycles. The maximum Gasteiger partial charge on any atom is 0.325 e. The summed E-state index contributed by atoms with van der Waals surface area (Å²) < 4.78 is 13.0. The number of rotatable bonds is 0. The van der Waals surface area contributed by atoms with Crippen LogP contribution in [0.1, 0.15) is 0 Å². The highest BCUT2D eigenvalue weighted by molar-refractivity contribution is 4.77. The van der Waals surface area contributed by atoms with Crippen LogP contribution in [0.2, 0.25) is 0 Å². The van der Waals surface area contributed by atoms with E-state index in [0.717, 1.165) is 0 Å². The Morgan fingerprint density at radius 1 is 1.00 bits per heavy atom. The maximum absolute atomic E-state index is 10.2. The Labute approximate surface area is 128 Å². The molecule has 0 saturated heterocycles. The second kappa shape index (κ2) is 12.0. The zero-order valence-corrected chi connectivity index (χ0v) is 11.6. The molecule has 0 aliphatic heterocycles. The van der Waals surface area contributed by atoms with E-state index < -0.39 is 5.69 Å². The van der Waals surface area contributed by atoms with Crippen molar-refractivity contribution in [1.82, 2.24) is 30.5 Å². The lowest BCUT2D eigenvalue weighted by Gasteiger charge is -1.75. The van der Waals surface area contributed by atoms with Crippen molar-refractivity contribution in [2.75, 3.05) is 0 Å². The number of H-pyrrole nitrogens is 2. The monoisotopic (exact) mass is 320 g/mol. The lowest BCUT2D eigenvalue weighted by Crippen LogP contribution is -2.19. The van der Waals surface area contributed by atoms with Crippen molar-refractivity contribution < 1.29 is 13.5 Å². The van der Waals surface area contributed by atoms with Crippen molar-refractivity contribution in [1.29, 1.82) is 0 Å². The van der Waals surface area contributed by atoms with Gasteiger partial charge in [0.05, 0.1) is 18.6 Å². The first-order valence-electron chi connectivity index (χ1n) is 5.94. The molecule has 11 nitrogen and oxygen atoms in total. The van der Waals surface area contributed by atoms with Crippen molar-refractivity contribution in [3.63, 3.8) is 0 Å². The summed E-state index contributed by atoms with van der Waals surface area (Å²) in [5, 5.41) is 9.75. The molecule has 0 radical (unpaired) electrons. The summed E-state index contributed by atoms with van der Waals surface area (Å²) in [6, 6.07) is 2.96. The predicted octanol–water partition coefficient (Wildman–Crippen LogP) is 0.482.